The van der Waals surface area contributed by atoms with Crippen molar-refractivity contribution in [1.29, 1.82) is 0 Å². The van der Waals surface area contributed by atoms with E-state index < -0.39 is 17.3 Å². The highest BCUT2D eigenvalue weighted by molar-refractivity contribution is 5.80. The molecule has 1 unspecified atom stereocenters. The fourth-order valence-electron chi connectivity index (χ4n) is 1.90. The van der Waals surface area contributed by atoms with Crippen LogP contribution in [-0.2, 0) is 16.0 Å². The van der Waals surface area contributed by atoms with Gasteiger partial charge in [0.2, 0.25) is 5.91 Å². The normalized spacial score (nSPS) is 13.8. The summed E-state index contributed by atoms with van der Waals surface area (Å²) in [6, 6.07) is 5.80. The fourth-order valence-corrected chi connectivity index (χ4v) is 1.90. The van der Waals surface area contributed by atoms with E-state index in [0.717, 1.165) is 0 Å². The number of amides is 1. The number of carboxylic acid groups (broad SMARTS) is 1. The molecule has 4 nitrogen and oxygen atoms in total. The average molecular weight is 281 g/mol. The summed E-state index contributed by atoms with van der Waals surface area (Å²) in [5.41, 5.74) is -0.264. The van der Waals surface area contributed by atoms with E-state index in [1.807, 2.05) is 13.8 Å². The molecule has 1 rings (SSSR count). The Bertz CT molecular complexity index is 502. The molecule has 1 aromatic carbocycles. The van der Waals surface area contributed by atoms with Gasteiger partial charge in [0.05, 0.1) is 12.8 Å². The lowest BCUT2D eigenvalue weighted by Crippen LogP contribution is -2.51. The Kier molecular flexibility index (Phi) is 5.25. The summed E-state index contributed by atoms with van der Waals surface area (Å²) in [6.07, 6.45) is -0.126. The third-order valence-corrected chi connectivity index (χ3v) is 3.47. The van der Waals surface area contributed by atoms with Crippen LogP contribution in [0.3, 0.4) is 0 Å². The molecule has 1 amide bonds. The average Bonchev–Trinajstić information content (AvgIpc) is 2.26. The molecule has 0 aliphatic carbocycles. The number of aliphatic carboxylic acids is 1. The van der Waals surface area contributed by atoms with E-state index in [9.17, 15) is 14.0 Å². The van der Waals surface area contributed by atoms with Gasteiger partial charge < -0.3 is 10.4 Å². The van der Waals surface area contributed by atoms with Crippen molar-refractivity contribution in [1.82, 2.24) is 5.32 Å². The molecular formula is C15H20FNO3. The van der Waals surface area contributed by atoms with Crippen LogP contribution >= 0.6 is 0 Å². The van der Waals surface area contributed by atoms with Crippen LogP contribution in [0.15, 0.2) is 24.3 Å². The minimum Gasteiger partial charge on any atom is -0.481 e. The Labute approximate surface area is 118 Å². The molecule has 0 saturated heterocycles. The monoisotopic (exact) mass is 281 g/mol. The van der Waals surface area contributed by atoms with Gasteiger partial charge in [-0.1, -0.05) is 26.0 Å². The second kappa shape index (κ2) is 6.50. The van der Waals surface area contributed by atoms with Crippen LogP contribution in [0.25, 0.3) is 0 Å². The smallest absolute Gasteiger partial charge is 0.305 e. The van der Waals surface area contributed by atoms with Crippen LogP contribution in [0, 0.1) is 11.7 Å². The van der Waals surface area contributed by atoms with E-state index in [2.05, 4.69) is 5.32 Å². The van der Waals surface area contributed by atoms with Crippen LogP contribution in [0.1, 0.15) is 32.8 Å². The largest absolute Gasteiger partial charge is 0.481 e. The van der Waals surface area contributed by atoms with Crippen LogP contribution in [0.2, 0.25) is 0 Å². The summed E-state index contributed by atoms with van der Waals surface area (Å²) in [5, 5.41) is 11.7. The Hall–Kier alpha value is -1.91. The van der Waals surface area contributed by atoms with Crippen molar-refractivity contribution in [3.63, 3.8) is 0 Å². The molecule has 2 N–H and O–H groups in total. The molecular weight excluding hydrogens is 261 g/mol. The number of benzene rings is 1. The van der Waals surface area contributed by atoms with Crippen molar-refractivity contribution in [3.05, 3.63) is 35.6 Å². The van der Waals surface area contributed by atoms with Gasteiger partial charge in [-0.2, -0.15) is 0 Å². The number of rotatable bonds is 6. The molecule has 0 radical (unpaired) electrons. The first kappa shape index (κ1) is 16.1. The van der Waals surface area contributed by atoms with Gasteiger partial charge in [-0.3, -0.25) is 9.59 Å². The van der Waals surface area contributed by atoms with Gasteiger partial charge in [0.15, 0.2) is 0 Å². The molecule has 0 heterocycles. The summed E-state index contributed by atoms with van der Waals surface area (Å²) < 4.78 is 13.0. The molecule has 110 valence electrons. The highest BCUT2D eigenvalue weighted by atomic mass is 19.1. The highest BCUT2D eigenvalue weighted by Crippen LogP contribution is 2.21. The van der Waals surface area contributed by atoms with Crippen LogP contribution in [-0.4, -0.2) is 22.5 Å². The van der Waals surface area contributed by atoms with Crippen molar-refractivity contribution < 1.29 is 19.1 Å². The third-order valence-electron chi connectivity index (χ3n) is 3.47. The third kappa shape index (κ3) is 4.64. The number of carbonyl (C=O) groups is 2. The molecule has 0 aliphatic heterocycles. The Morgan fingerprint density at radius 2 is 2.05 bits per heavy atom. The number of carboxylic acids is 1. The van der Waals surface area contributed by atoms with E-state index in [4.69, 9.17) is 5.11 Å². The second-order valence-corrected chi connectivity index (χ2v) is 5.50. The Morgan fingerprint density at radius 1 is 1.40 bits per heavy atom. The molecule has 0 saturated carbocycles. The summed E-state index contributed by atoms with van der Waals surface area (Å²) >= 11 is 0. The van der Waals surface area contributed by atoms with Crippen molar-refractivity contribution >= 4 is 11.9 Å². The predicted octanol–water partition coefficient (Wildman–Crippen LogP) is 2.37. The minimum atomic E-state index is -0.966. The standard InChI is InChI=1S/C15H20FNO3/c1-10(2)15(3,9-14(19)20)17-13(18)8-11-5-4-6-12(16)7-11/h4-7,10H,8-9H2,1-3H3,(H,17,18)(H,19,20). The lowest BCUT2D eigenvalue weighted by atomic mass is 9.85. The van der Waals surface area contributed by atoms with E-state index in [0.29, 0.717) is 5.56 Å². The summed E-state index contributed by atoms with van der Waals surface area (Å²) in [6.45, 7) is 5.41. The quantitative estimate of drug-likeness (QED) is 0.841. The zero-order valence-corrected chi connectivity index (χ0v) is 11.9. The number of hydrogen-bond donors (Lipinski definition) is 2. The summed E-state index contributed by atoms with van der Waals surface area (Å²) in [5.74, 6) is -1.71. The van der Waals surface area contributed by atoms with E-state index in [-0.39, 0.29) is 24.7 Å². The summed E-state index contributed by atoms with van der Waals surface area (Å²) in [4.78, 5) is 22.9. The Morgan fingerprint density at radius 3 is 2.55 bits per heavy atom. The highest BCUT2D eigenvalue weighted by Gasteiger charge is 2.32. The van der Waals surface area contributed by atoms with Gasteiger partial charge in [-0.15, -0.1) is 0 Å². The van der Waals surface area contributed by atoms with Gasteiger partial charge >= 0.3 is 5.97 Å². The van der Waals surface area contributed by atoms with E-state index >= 15 is 0 Å². The van der Waals surface area contributed by atoms with Gasteiger partial charge in [0.1, 0.15) is 5.82 Å². The van der Waals surface area contributed by atoms with E-state index in [1.54, 1.807) is 13.0 Å². The van der Waals surface area contributed by atoms with Crippen molar-refractivity contribution in [2.75, 3.05) is 0 Å². The molecule has 0 fully saturated rings. The SMILES string of the molecule is CC(C)C(C)(CC(=O)O)NC(=O)Cc1cccc(F)c1. The fraction of sp³-hybridized carbons (Fsp3) is 0.467. The molecule has 0 spiro atoms. The number of hydrogen-bond acceptors (Lipinski definition) is 2. The van der Waals surface area contributed by atoms with Crippen molar-refractivity contribution in [2.24, 2.45) is 5.92 Å². The topological polar surface area (TPSA) is 66.4 Å². The molecule has 0 aliphatic rings. The lowest BCUT2D eigenvalue weighted by Gasteiger charge is -2.33. The van der Waals surface area contributed by atoms with Gasteiger partial charge in [0, 0.05) is 5.54 Å². The number of halogens is 1. The zero-order chi connectivity index (χ0) is 15.3. The van der Waals surface area contributed by atoms with Crippen molar-refractivity contribution in [3.8, 4) is 0 Å². The molecule has 1 atom stereocenters. The first-order valence-corrected chi connectivity index (χ1v) is 6.50. The molecule has 0 aromatic heterocycles. The van der Waals surface area contributed by atoms with Gasteiger partial charge in [-0.25, -0.2) is 4.39 Å². The van der Waals surface area contributed by atoms with Crippen molar-refractivity contribution in [2.45, 2.75) is 39.2 Å². The zero-order valence-electron chi connectivity index (χ0n) is 11.9. The predicted molar refractivity (Wildman–Crippen MR) is 73.7 cm³/mol. The van der Waals surface area contributed by atoms with Crippen LogP contribution < -0.4 is 5.32 Å². The minimum absolute atomic E-state index is 0.0275. The summed E-state index contributed by atoms with van der Waals surface area (Å²) in [7, 11) is 0. The second-order valence-electron chi connectivity index (χ2n) is 5.50. The maximum absolute atomic E-state index is 13.0. The number of carbonyl (C=O) groups excluding carboxylic acids is 1. The molecule has 20 heavy (non-hydrogen) atoms. The van der Waals surface area contributed by atoms with E-state index in [1.165, 1.54) is 18.2 Å². The molecule has 5 heteroatoms. The first-order valence-electron chi connectivity index (χ1n) is 6.50. The number of nitrogens with one attached hydrogen (secondary N) is 1. The molecule has 0 bridgehead atoms. The Balaban J connectivity index is 2.74. The molecule has 1 aromatic rings. The van der Waals surface area contributed by atoms with Crippen LogP contribution in [0.5, 0.6) is 0 Å². The maximum Gasteiger partial charge on any atom is 0.305 e. The first-order chi connectivity index (χ1) is 9.23. The lowest BCUT2D eigenvalue weighted by molar-refractivity contribution is -0.139. The van der Waals surface area contributed by atoms with Gasteiger partial charge in [-0.05, 0) is 30.5 Å². The van der Waals surface area contributed by atoms with Crippen LogP contribution in [0.4, 0.5) is 4.39 Å². The van der Waals surface area contributed by atoms with Gasteiger partial charge in [0.25, 0.3) is 0 Å². The maximum atomic E-state index is 13.0.